The lowest BCUT2D eigenvalue weighted by molar-refractivity contribution is 0.0724. The van der Waals surface area contributed by atoms with Crippen molar-refractivity contribution in [3.8, 4) is 11.3 Å². The Labute approximate surface area is 180 Å². The molecule has 1 saturated carbocycles. The molecule has 0 bridgehead atoms. The van der Waals surface area contributed by atoms with Gasteiger partial charge in [0.05, 0.1) is 11.2 Å². The number of aromatic amines is 1. The number of pyridine rings is 1. The number of anilines is 1. The zero-order valence-corrected chi connectivity index (χ0v) is 18.5. The monoisotopic (exact) mass is 423 g/mol. The Morgan fingerprint density at radius 3 is 2.68 bits per heavy atom. The molecule has 3 heterocycles. The lowest BCUT2D eigenvalue weighted by atomic mass is 10.1. The van der Waals surface area contributed by atoms with E-state index in [0.29, 0.717) is 33.6 Å². The van der Waals surface area contributed by atoms with Gasteiger partial charge in [0.25, 0.3) is 11.5 Å². The van der Waals surface area contributed by atoms with E-state index in [4.69, 9.17) is 5.73 Å². The third-order valence-corrected chi connectivity index (χ3v) is 6.30. The maximum atomic E-state index is 13.1. The zero-order chi connectivity index (χ0) is 22.4. The van der Waals surface area contributed by atoms with Gasteiger partial charge in [0.2, 0.25) is 0 Å². The number of H-pyrrole nitrogens is 1. The molecule has 4 rings (SSSR count). The summed E-state index contributed by atoms with van der Waals surface area (Å²) in [7, 11) is 3.60. The number of hydrogen-bond acceptors (Lipinski definition) is 5. The van der Waals surface area contributed by atoms with Crippen molar-refractivity contribution in [2.75, 3.05) is 12.8 Å². The van der Waals surface area contributed by atoms with Crippen molar-refractivity contribution in [3.05, 3.63) is 34.9 Å². The summed E-state index contributed by atoms with van der Waals surface area (Å²) in [5, 5.41) is 11.8. The fourth-order valence-corrected chi connectivity index (χ4v) is 4.26. The molecule has 0 atom stereocenters. The summed E-state index contributed by atoms with van der Waals surface area (Å²) >= 11 is 0. The number of carbonyl (C=O) groups excluding carboxylic acids is 1. The molecule has 1 fully saturated rings. The van der Waals surface area contributed by atoms with Gasteiger partial charge in [-0.05, 0) is 24.8 Å². The van der Waals surface area contributed by atoms with Gasteiger partial charge in [-0.25, -0.2) is 0 Å². The average molecular weight is 424 g/mol. The van der Waals surface area contributed by atoms with Crippen molar-refractivity contribution in [2.45, 2.75) is 45.6 Å². The maximum Gasteiger partial charge on any atom is 0.272 e. The normalized spacial score (nSPS) is 14.6. The number of nitrogen functional groups attached to an aromatic ring is 1. The summed E-state index contributed by atoms with van der Waals surface area (Å²) in [6.45, 7) is 8.00. The van der Waals surface area contributed by atoms with E-state index in [9.17, 15) is 9.59 Å². The Bertz CT molecular complexity index is 1220. The van der Waals surface area contributed by atoms with Gasteiger partial charge in [0.1, 0.15) is 11.1 Å². The molecule has 9 nitrogen and oxygen atoms in total. The first-order chi connectivity index (χ1) is 14.7. The highest BCUT2D eigenvalue weighted by molar-refractivity contribution is 5.99. The van der Waals surface area contributed by atoms with Crippen molar-refractivity contribution < 1.29 is 4.79 Å². The van der Waals surface area contributed by atoms with Gasteiger partial charge in [-0.2, -0.15) is 10.2 Å². The van der Waals surface area contributed by atoms with Gasteiger partial charge in [-0.1, -0.05) is 33.3 Å². The van der Waals surface area contributed by atoms with Crippen LogP contribution in [0.4, 0.5) is 5.82 Å². The lowest BCUT2D eigenvalue weighted by Gasteiger charge is -2.24. The van der Waals surface area contributed by atoms with Crippen LogP contribution in [0.25, 0.3) is 27.9 Å². The van der Waals surface area contributed by atoms with Gasteiger partial charge >= 0.3 is 0 Å². The zero-order valence-electron chi connectivity index (χ0n) is 18.5. The minimum atomic E-state index is -0.281. The quantitative estimate of drug-likeness (QED) is 0.655. The van der Waals surface area contributed by atoms with Gasteiger partial charge in [-0.15, -0.1) is 0 Å². The molecule has 1 aliphatic rings. The number of nitrogens with two attached hydrogens (primary N) is 1. The first-order valence-corrected chi connectivity index (χ1v) is 10.6. The Morgan fingerprint density at radius 1 is 1.35 bits per heavy atom. The largest absolute Gasteiger partial charge is 0.382 e. The molecule has 1 aliphatic carbocycles. The number of amides is 1. The Balaban J connectivity index is 1.83. The summed E-state index contributed by atoms with van der Waals surface area (Å²) in [6.07, 6.45) is 6.06. The third kappa shape index (κ3) is 3.43. The molecular formula is C22H29N7O2. The Kier molecular flexibility index (Phi) is 5.20. The molecule has 31 heavy (non-hydrogen) atoms. The van der Waals surface area contributed by atoms with E-state index in [1.54, 1.807) is 24.0 Å². The molecule has 0 unspecified atom stereocenters. The predicted octanol–water partition coefficient (Wildman–Crippen LogP) is 2.85. The summed E-state index contributed by atoms with van der Waals surface area (Å²) in [5.74, 6) is 0.117. The number of nitrogens with zero attached hydrogens (tertiary/aromatic N) is 5. The van der Waals surface area contributed by atoms with Crippen LogP contribution in [0.15, 0.2) is 23.6 Å². The average Bonchev–Trinajstić information content (AvgIpc) is 3.47. The Hall–Kier alpha value is -3.36. The molecule has 9 heteroatoms. The molecule has 3 aromatic rings. The number of fused-ring (bicyclic) bond motifs is 1. The van der Waals surface area contributed by atoms with E-state index in [2.05, 4.69) is 21.9 Å². The van der Waals surface area contributed by atoms with E-state index in [-0.39, 0.29) is 29.2 Å². The molecule has 164 valence electrons. The second-order valence-electron chi connectivity index (χ2n) is 8.62. The summed E-state index contributed by atoms with van der Waals surface area (Å²) in [6, 6.07) is 2.02. The standard InChI is InChI=1S/C22H29N7O2/c1-12(2)13(3)29-11-15(19-18(22(29)31)20(23)25-24-19)16-10-17(28(5)26-16)21(30)27(4)14-8-6-7-9-14/h10-12,14H,3,6-9H2,1-2,4-5H3,(H3,23,24,25). The van der Waals surface area contributed by atoms with E-state index in [0.717, 1.165) is 25.7 Å². The van der Waals surface area contributed by atoms with Crippen molar-refractivity contribution in [2.24, 2.45) is 13.0 Å². The van der Waals surface area contributed by atoms with Gasteiger partial charge < -0.3 is 10.6 Å². The van der Waals surface area contributed by atoms with Crippen molar-refractivity contribution >= 4 is 28.3 Å². The van der Waals surface area contributed by atoms with Crippen LogP contribution in [0, 0.1) is 5.92 Å². The molecule has 0 aliphatic heterocycles. The maximum absolute atomic E-state index is 13.1. The second-order valence-corrected chi connectivity index (χ2v) is 8.62. The number of allylic oxidation sites excluding steroid dienone is 1. The van der Waals surface area contributed by atoms with Crippen molar-refractivity contribution in [1.29, 1.82) is 0 Å². The molecule has 0 radical (unpaired) electrons. The number of rotatable bonds is 5. The fourth-order valence-electron chi connectivity index (χ4n) is 4.26. The van der Waals surface area contributed by atoms with Crippen LogP contribution in [0.3, 0.4) is 0 Å². The molecule has 0 spiro atoms. The molecule has 3 N–H and O–H groups in total. The summed E-state index contributed by atoms with van der Waals surface area (Å²) < 4.78 is 3.08. The fraction of sp³-hybridized carbons (Fsp3) is 0.455. The topological polar surface area (TPSA) is 115 Å². The summed E-state index contributed by atoms with van der Waals surface area (Å²) in [4.78, 5) is 28.0. The van der Waals surface area contributed by atoms with Crippen LogP contribution < -0.4 is 11.3 Å². The van der Waals surface area contributed by atoms with Gasteiger partial charge in [-0.3, -0.25) is 23.9 Å². The molecule has 1 amide bonds. The van der Waals surface area contributed by atoms with Crippen molar-refractivity contribution in [3.63, 3.8) is 0 Å². The van der Waals surface area contributed by atoms with E-state index >= 15 is 0 Å². The van der Waals surface area contributed by atoms with Crippen LogP contribution in [0.5, 0.6) is 0 Å². The van der Waals surface area contributed by atoms with Gasteiger partial charge in [0, 0.05) is 37.6 Å². The smallest absolute Gasteiger partial charge is 0.272 e. The number of nitrogens with one attached hydrogen (secondary N) is 1. The van der Waals surface area contributed by atoms with Crippen LogP contribution in [0.2, 0.25) is 0 Å². The van der Waals surface area contributed by atoms with E-state index < -0.39 is 0 Å². The summed E-state index contributed by atoms with van der Waals surface area (Å²) in [5.41, 5.74) is 8.54. The first kappa shape index (κ1) is 20.9. The molecule has 3 aromatic heterocycles. The van der Waals surface area contributed by atoms with Gasteiger partial charge in [0.15, 0.2) is 5.82 Å². The third-order valence-electron chi connectivity index (χ3n) is 6.30. The molecule has 0 saturated heterocycles. The SMILES string of the molecule is C=C(C(C)C)n1cc(-c2cc(C(=O)N(C)C3CCCC3)n(C)n2)c2[nH]nc(N)c2c1=O. The predicted molar refractivity (Wildman–Crippen MR) is 121 cm³/mol. The second kappa shape index (κ2) is 7.72. The number of aryl methyl sites for hydroxylation is 1. The Morgan fingerprint density at radius 2 is 2.03 bits per heavy atom. The number of hydrogen-bond donors (Lipinski definition) is 2. The number of aromatic nitrogens is 5. The highest BCUT2D eigenvalue weighted by atomic mass is 16.2. The highest BCUT2D eigenvalue weighted by Crippen LogP contribution is 2.30. The van der Waals surface area contributed by atoms with Crippen LogP contribution >= 0.6 is 0 Å². The molecule has 0 aromatic carbocycles. The van der Waals surface area contributed by atoms with Crippen LogP contribution in [0.1, 0.15) is 50.0 Å². The lowest BCUT2D eigenvalue weighted by Crippen LogP contribution is -2.36. The molecular weight excluding hydrogens is 394 g/mol. The number of carbonyl (C=O) groups is 1. The van der Waals surface area contributed by atoms with Crippen molar-refractivity contribution in [1.82, 2.24) is 29.4 Å². The van der Waals surface area contributed by atoms with Crippen LogP contribution in [-0.4, -0.2) is 48.4 Å². The minimum absolute atomic E-state index is 0.0528. The minimum Gasteiger partial charge on any atom is -0.382 e. The van der Waals surface area contributed by atoms with E-state index in [1.165, 1.54) is 4.57 Å². The first-order valence-electron chi connectivity index (χ1n) is 10.6. The highest BCUT2D eigenvalue weighted by Gasteiger charge is 2.27. The van der Waals surface area contributed by atoms with E-state index in [1.807, 2.05) is 25.8 Å². The van der Waals surface area contributed by atoms with Crippen LogP contribution in [-0.2, 0) is 7.05 Å².